The summed E-state index contributed by atoms with van der Waals surface area (Å²) in [4.78, 5) is 14.8. The van der Waals surface area contributed by atoms with Gasteiger partial charge in [-0.15, -0.1) is 0 Å². The monoisotopic (exact) mass is 458 g/mol. The van der Waals surface area contributed by atoms with Gasteiger partial charge in [-0.1, -0.05) is 24.3 Å². The summed E-state index contributed by atoms with van der Waals surface area (Å²) < 4.78 is 46.5. The fourth-order valence-electron chi connectivity index (χ4n) is 3.64. The van der Waals surface area contributed by atoms with Crippen molar-refractivity contribution in [3.63, 3.8) is 0 Å². The summed E-state index contributed by atoms with van der Waals surface area (Å²) in [5.41, 5.74) is 1.43. The van der Waals surface area contributed by atoms with E-state index in [0.717, 1.165) is 25.7 Å². The van der Waals surface area contributed by atoms with Crippen molar-refractivity contribution in [3.05, 3.63) is 71.6 Å². The van der Waals surface area contributed by atoms with Crippen LogP contribution in [0.1, 0.15) is 36.8 Å². The molecule has 0 bridgehead atoms. The molecule has 32 heavy (non-hydrogen) atoms. The molecule has 1 saturated carbocycles. The van der Waals surface area contributed by atoms with Crippen molar-refractivity contribution in [2.24, 2.45) is 0 Å². The summed E-state index contributed by atoms with van der Waals surface area (Å²) in [6.45, 7) is 1.40. The molecule has 6 nitrogen and oxygen atoms in total. The molecular weight excluding hydrogens is 431 g/mol. The lowest BCUT2D eigenvalue weighted by Gasteiger charge is -2.24. The van der Waals surface area contributed by atoms with Crippen molar-refractivity contribution in [2.45, 2.75) is 49.3 Å². The number of nitrogens with zero attached hydrogens (tertiary/aromatic N) is 1. The molecule has 1 aliphatic carbocycles. The topological polar surface area (TPSA) is 75.7 Å². The molecule has 1 saturated heterocycles. The van der Waals surface area contributed by atoms with Gasteiger partial charge >= 0.3 is 0 Å². The summed E-state index contributed by atoms with van der Waals surface area (Å²) in [6.07, 6.45) is 6.70. The average molecular weight is 459 g/mol. The molecule has 0 radical (unpaired) electrons. The number of ether oxygens (including phenoxy) is 1. The zero-order valence-corrected chi connectivity index (χ0v) is 18.6. The van der Waals surface area contributed by atoms with Crippen molar-refractivity contribution in [2.75, 3.05) is 13.2 Å². The molecule has 1 atom stereocenters. The lowest BCUT2D eigenvalue weighted by Crippen LogP contribution is -2.35. The number of rotatable bonds is 9. The van der Waals surface area contributed by atoms with Gasteiger partial charge in [0, 0.05) is 31.8 Å². The van der Waals surface area contributed by atoms with Crippen LogP contribution >= 0.6 is 0 Å². The molecular formula is C24H27FN2O4S. The largest absolute Gasteiger partial charge is 0.376 e. The first-order valence-electron chi connectivity index (χ1n) is 10.8. The maximum Gasteiger partial charge on any atom is 0.246 e. The average Bonchev–Trinajstić information content (AvgIpc) is 3.42. The van der Waals surface area contributed by atoms with Gasteiger partial charge in [-0.25, -0.2) is 17.5 Å². The highest BCUT2D eigenvalue weighted by molar-refractivity contribution is 7.89. The number of hydrogen-bond acceptors (Lipinski definition) is 4. The maximum atomic E-state index is 13.6. The highest BCUT2D eigenvalue weighted by Gasteiger charge is 2.27. The third-order valence-electron chi connectivity index (χ3n) is 5.53. The number of nitrogens with one attached hydrogen (secondary N) is 1. The van der Waals surface area contributed by atoms with E-state index in [2.05, 4.69) is 4.72 Å². The lowest BCUT2D eigenvalue weighted by molar-refractivity contribution is -0.128. The highest BCUT2D eigenvalue weighted by atomic mass is 32.2. The Balaban J connectivity index is 1.44. The smallest absolute Gasteiger partial charge is 0.246 e. The Kier molecular flexibility index (Phi) is 7.03. The van der Waals surface area contributed by atoms with E-state index >= 15 is 0 Å². The second-order valence-corrected chi connectivity index (χ2v) is 10.00. The van der Waals surface area contributed by atoms with Crippen LogP contribution in [0.5, 0.6) is 0 Å². The predicted octanol–water partition coefficient (Wildman–Crippen LogP) is 3.49. The van der Waals surface area contributed by atoms with Crippen LogP contribution in [0.3, 0.4) is 0 Å². The predicted molar refractivity (Wildman–Crippen MR) is 120 cm³/mol. The van der Waals surface area contributed by atoms with E-state index in [1.807, 2.05) is 0 Å². The third-order valence-corrected chi connectivity index (χ3v) is 7.07. The van der Waals surface area contributed by atoms with E-state index in [0.29, 0.717) is 24.3 Å². The zero-order valence-electron chi connectivity index (χ0n) is 17.7. The summed E-state index contributed by atoms with van der Waals surface area (Å²) in [5, 5.41) is 0. The normalized spacial score (nSPS) is 18.8. The van der Waals surface area contributed by atoms with E-state index in [-0.39, 0.29) is 35.3 Å². The lowest BCUT2D eigenvalue weighted by atomic mass is 10.1. The fourth-order valence-corrected chi connectivity index (χ4v) is 4.95. The summed E-state index contributed by atoms with van der Waals surface area (Å²) in [7, 11) is -3.50. The molecule has 1 aliphatic heterocycles. The minimum Gasteiger partial charge on any atom is -0.376 e. The molecule has 2 aromatic carbocycles. The van der Waals surface area contributed by atoms with Gasteiger partial charge in [0.15, 0.2) is 0 Å². The van der Waals surface area contributed by atoms with Crippen molar-refractivity contribution >= 4 is 22.0 Å². The summed E-state index contributed by atoms with van der Waals surface area (Å²) in [6, 6.07) is 12.7. The molecule has 1 unspecified atom stereocenters. The van der Waals surface area contributed by atoms with Crippen LogP contribution in [-0.4, -0.2) is 44.5 Å². The Bertz CT molecular complexity index is 1080. The summed E-state index contributed by atoms with van der Waals surface area (Å²) >= 11 is 0. The number of sulfonamides is 1. The standard InChI is InChI=1S/C24H27FN2O4S/c25-20-4-1-3-19(15-20)16-27(17-22-5-2-14-31-22)24(28)13-8-18-6-11-23(12-7-18)32(29,30)26-21-9-10-21/h1,3-4,6-8,11-13,15,21-22,26H,2,5,9-10,14,16-17H2/b13-8+. The van der Waals surface area contributed by atoms with Crippen molar-refractivity contribution in [1.82, 2.24) is 9.62 Å². The third kappa shape index (κ3) is 6.25. The SMILES string of the molecule is O=C(/C=C/c1ccc(S(=O)(=O)NC2CC2)cc1)N(Cc1cccc(F)c1)CC1CCCO1. The van der Waals surface area contributed by atoms with E-state index in [4.69, 9.17) is 4.74 Å². The molecule has 0 aromatic heterocycles. The van der Waals surface area contributed by atoms with Crippen LogP contribution < -0.4 is 4.72 Å². The second kappa shape index (κ2) is 9.94. The zero-order chi connectivity index (χ0) is 22.6. The number of hydrogen-bond donors (Lipinski definition) is 1. The van der Waals surface area contributed by atoms with E-state index in [1.54, 1.807) is 35.2 Å². The molecule has 2 aromatic rings. The number of amides is 1. The Morgan fingerprint density at radius 1 is 1.16 bits per heavy atom. The Morgan fingerprint density at radius 3 is 2.59 bits per heavy atom. The van der Waals surface area contributed by atoms with Gasteiger partial charge in [0.25, 0.3) is 0 Å². The molecule has 1 N–H and O–H groups in total. The van der Waals surface area contributed by atoms with Crippen molar-refractivity contribution < 1.29 is 22.3 Å². The molecule has 4 rings (SSSR count). The minimum atomic E-state index is -3.50. The first-order chi connectivity index (χ1) is 15.4. The molecule has 0 spiro atoms. The summed E-state index contributed by atoms with van der Waals surface area (Å²) in [5.74, 6) is -0.550. The second-order valence-electron chi connectivity index (χ2n) is 8.28. The Morgan fingerprint density at radius 2 is 1.94 bits per heavy atom. The molecule has 1 heterocycles. The molecule has 170 valence electrons. The van der Waals surface area contributed by atoms with E-state index < -0.39 is 10.0 Å². The van der Waals surface area contributed by atoms with Gasteiger partial charge in [-0.05, 0) is 67.2 Å². The first-order valence-corrected chi connectivity index (χ1v) is 12.3. The van der Waals surface area contributed by atoms with E-state index in [1.165, 1.54) is 30.3 Å². The molecule has 2 fully saturated rings. The molecule has 2 aliphatic rings. The van der Waals surface area contributed by atoms with Gasteiger partial charge < -0.3 is 9.64 Å². The van der Waals surface area contributed by atoms with Gasteiger partial charge in [0.1, 0.15) is 5.82 Å². The van der Waals surface area contributed by atoms with Crippen LogP contribution in [-0.2, 0) is 26.1 Å². The van der Waals surface area contributed by atoms with Gasteiger partial charge in [-0.2, -0.15) is 0 Å². The highest BCUT2D eigenvalue weighted by Crippen LogP contribution is 2.22. The number of carbonyl (C=O) groups excluding carboxylic acids is 1. The maximum absolute atomic E-state index is 13.6. The number of halogens is 1. The number of benzene rings is 2. The molecule has 8 heteroatoms. The Hall–Kier alpha value is -2.55. The fraction of sp³-hybridized carbons (Fsp3) is 0.375. The van der Waals surface area contributed by atoms with Crippen LogP contribution in [0, 0.1) is 5.82 Å². The van der Waals surface area contributed by atoms with Gasteiger partial charge in [-0.3, -0.25) is 4.79 Å². The van der Waals surface area contributed by atoms with Gasteiger partial charge in [0.2, 0.25) is 15.9 Å². The van der Waals surface area contributed by atoms with Crippen LogP contribution in [0.4, 0.5) is 4.39 Å². The van der Waals surface area contributed by atoms with Crippen molar-refractivity contribution in [1.29, 1.82) is 0 Å². The number of carbonyl (C=O) groups is 1. The van der Waals surface area contributed by atoms with Crippen LogP contribution in [0.25, 0.3) is 6.08 Å². The van der Waals surface area contributed by atoms with E-state index in [9.17, 15) is 17.6 Å². The first kappa shape index (κ1) is 22.6. The quantitative estimate of drug-likeness (QED) is 0.584. The Labute approximate surface area is 188 Å². The molecule has 1 amide bonds. The van der Waals surface area contributed by atoms with Crippen LogP contribution in [0.15, 0.2) is 59.5 Å². The minimum absolute atomic E-state index is 0.0237. The van der Waals surface area contributed by atoms with Crippen molar-refractivity contribution in [3.8, 4) is 0 Å². The van der Waals surface area contributed by atoms with Crippen LogP contribution in [0.2, 0.25) is 0 Å². The van der Waals surface area contributed by atoms with Gasteiger partial charge in [0.05, 0.1) is 11.0 Å².